The number of hydrogen-bond donors (Lipinski definition) is 2. The van der Waals surface area contributed by atoms with Crippen LogP contribution in [-0.4, -0.2) is 15.1 Å². The molecule has 0 spiro atoms. The van der Waals surface area contributed by atoms with E-state index in [0.29, 0.717) is 0 Å². The van der Waals surface area contributed by atoms with Crippen molar-refractivity contribution >= 4 is 55.2 Å². The number of aromatic hydroxyl groups is 1. The van der Waals surface area contributed by atoms with Crippen molar-refractivity contribution in [2.75, 3.05) is 0 Å². The van der Waals surface area contributed by atoms with Crippen molar-refractivity contribution in [3.8, 4) is 17.1 Å². The van der Waals surface area contributed by atoms with Gasteiger partial charge in [-0.2, -0.15) is 0 Å². The van der Waals surface area contributed by atoms with E-state index in [-0.39, 0.29) is 5.75 Å². The summed E-state index contributed by atoms with van der Waals surface area (Å²) in [6.07, 6.45) is 0. The summed E-state index contributed by atoms with van der Waals surface area (Å²) in [4.78, 5) is 8.38. The highest BCUT2D eigenvalue weighted by Gasteiger charge is 2.13. The number of aromatic nitrogens is 2. The van der Waals surface area contributed by atoms with Crippen molar-refractivity contribution in [1.82, 2.24) is 9.97 Å². The van der Waals surface area contributed by atoms with Crippen LogP contribution in [0.5, 0.6) is 5.75 Å². The summed E-state index contributed by atoms with van der Waals surface area (Å²) in [6.45, 7) is 0. The molecule has 0 amide bonds. The number of imidazole rings is 1. The number of nitrogens with zero attached hydrogens (tertiary/aromatic N) is 1. The molecule has 0 aliphatic carbocycles. The first kappa shape index (κ1) is 14.7. The maximum atomic E-state index is 9.53. The summed E-state index contributed by atoms with van der Waals surface area (Å²) >= 11 is 2.34. The molecule has 2 N–H and O–H groups in total. The molecule has 120 valence electrons. The van der Waals surface area contributed by atoms with Crippen LogP contribution in [0.4, 0.5) is 0 Å². The van der Waals surface area contributed by atoms with Crippen LogP contribution in [0.3, 0.4) is 0 Å². The van der Waals surface area contributed by atoms with Crippen LogP contribution in [0.2, 0.25) is 0 Å². The minimum absolute atomic E-state index is 0.255. The Morgan fingerprint density at radius 3 is 2.32 bits per heavy atom. The molecule has 4 aromatic carbocycles. The fourth-order valence-corrected chi connectivity index (χ4v) is 3.89. The molecule has 3 nitrogen and oxygen atoms in total. The first-order valence-electron chi connectivity index (χ1n) is 8.00. The Morgan fingerprint density at radius 2 is 1.52 bits per heavy atom. The summed E-state index contributed by atoms with van der Waals surface area (Å²) in [5.74, 6) is 1.07. The van der Waals surface area contributed by atoms with Gasteiger partial charge in [0.1, 0.15) is 11.6 Å². The Hall–Kier alpha value is -2.60. The van der Waals surface area contributed by atoms with Gasteiger partial charge < -0.3 is 10.1 Å². The standard InChI is InChI=1S/C21H13IN2O/c22-13-7-10-16-15-3-1-2-4-17(15)19-20(18(16)11-13)24-21(23-19)12-5-8-14(25)9-6-12/h1-11,25H,(H,23,24). The van der Waals surface area contributed by atoms with E-state index in [9.17, 15) is 5.11 Å². The second-order valence-corrected chi connectivity index (χ2v) is 7.34. The first-order chi connectivity index (χ1) is 12.2. The number of H-pyrrole nitrogens is 1. The molecule has 0 fully saturated rings. The third kappa shape index (κ3) is 2.28. The number of fused-ring (bicyclic) bond motifs is 6. The molecule has 5 aromatic rings. The van der Waals surface area contributed by atoms with Crippen LogP contribution in [0.25, 0.3) is 44.0 Å². The summed E-state index contributed by atoms with van der Waals surface area (Å²) in [7, 11) is 0. The first-order valence-corrected chi connectivity index (χ1v) is 9.08. The fraction of sp³-hybridized carbons (Fsp3) is 0. The van der Waals surface area contributed by atoms with Gasteiger partial charge in [0.05, 0.1) is 11.0 Å². The molecule has 0 aliphatic rings. The van der Waals surface area contributed by atoms with Gasteiger partial charge in [-0.1, -0.05) is 30.3 Å². The number of benzene rings is 4. The molecule has 1 heterocycles. The van der Waals surface area contributed by atoms with Crippen LogP contribution in [0, 0.1) is 3.57 Å². The molecule has 4 heteroatoms. The zero-order valence-electron chi connectivity index (χ0n) is 13.1. The van der Waals surface area contributed by atoms with E-state index in [2.05, 4.69) is 70.0 Å². The van der Waals surface area contributed by atoms with Crippen molar-refractivity contribution in [2.24, 2.45) is 0 Å². The average Bonchev–Trinajstić information content (AvgIpc) is 3.08. The molecular formula is C21H13IN2O. The monoisotopic (exact) mass is 436 g/mol. The SMILES string of the molecule is Oc1ccc(-c2nc3c4cc(I)ccc4c4ccccc4c3[nH]2)cc1. The molecule has 5 rings (SSSR count). The molecule has 0 radical (unpaired) electrons. The topological polar surface area (TPSA) is 48.9 Å². The Labute approximate surface area is 157 Å². The van der Waals surface area contributed by atoms with Crippen LogP contribution in [0.15, 0.2) is 66.7 Å². The average molecular weight is 436 g/mol. The number of hydrogen-bond acceptors (Lipinski definition) is 2. The van der Waals surface area contributed by atoms with Crippen molar-refractivity contribution in [1.29, 1.82) is 0 Å². The van der Waals surface area contributed by atoms with E-state index < -0.39 is 0 Å². The van der Waals surface area contributed by atoms with Crippen LogP contribution in [-0.2, 0) is 0 Å². The Kier molecular flexibility index (Phi) is 3.21. The van der Waals surface area contributed by atoms with Gasteiger partial charge >= 0.3 is 0 Å². The van der Waals surface area contributed by atoms with E-state index in [0.717, 1.165) is 27.8 Å². The molecule has 1 aromatic heterocycles. The molecule has 0 saturated carbocycles. The minimum atomic E-state index is 0.255. The second kappa shape index (κ2) is 5.46. The van der Waals surface area contributed by atoms with Crippen LogP contribution in [0.1, 0.15) is 0 Å². The number of phenols is 1. The highest BCUT2D eigenvalue weighted by Crippen LogP contribution is 2.36. The molecule has 0 saturated heterocycles. The quantitative estimate of drug-likeness (QED) is 0.256. The maximum absolute atomic E-state index is 9.53. The molecule has 25 heavy (non-hydrogen) atoms. The number of aromatic amines is 1. The summed E-state index contributed by atoms with van der Waals surface area (Å²) in [5, 5.41) is 14.3. The van der Waals surface area contributed by atoms with E-state index in [1.54, 1.807) is 12.1 Å². The van der Waals surface area contributed by atoms with Crippen molar-refractivity contribution in [3.05, 3.63) is 70.3 Å². The Bertz CT molecular complexity index is 1260. The lowest BCUT2D eigenvalue weighted by Crippen LogP contribution is -1.83. The second-order valence-electron chi connectivity index (χ2n) is 6.09. The van der Waals surface area contributed by atoms with Gasteiger partial charge in [-0.05, 0) is 69.8 Å². The molecule has 0 aliphatic heterocycles. The lowest BCUT2D eigenvalue weighted by Gasteiger charge is -2.06. The van der Waals surface area contributed by atoms with Gasteiger partial charge in [0, 0.05) is 19.9 Å². The number of nitrogens with one attached hydrogen (secondary N) is 1. The van der Waals surface area contributed by atoms with E-state index in [4.69, 9.17) is 4.98 Å². The van der Waals surface area contributed by atoms with Crippen LogP contribution < -0.4 is 0 Å². The van der Waals surface area contributed by atoms with Crippen molar-refractivity contribution < 1.29 is 5.11 Å². The minimum Gasteiger partial charge on any atom is -0.508 e. The molecule has 0 bridgehead atoms. The molecule has 0 atom stereocenters. The number of phenolic OH excluding ortho intramolecular Hbond substituents is 1. The smallest absolute Gasteiger partial charge is 0.138 e. The highest BCUT2D eigenvalue weighted by molar-refractivity contribution is 14.1. The van der Waals surface area contributed by atoms with Crippen molar-refractivity contribution in [3.63, 3.8) is 0 Å². The predicted octanol–water partition coefficient (Wildman–Crippen LogP) is 5.85. The van der Waals surface area contributed by atoms with Gasteiger partial charge in [-0.15, -0.1) is 0 Å². The third-order valence-electron chi connectivity index (χ3n) is 4.57. The summed E-state index contributed by atoms with van der Waals surface area (Å²) in [5.41, 5.74) is 2.99. The Morgan fingerprint density at radius 1 is 0.800 bits per heavy atom. The van der Waals surface area contributed by atoms with E-state index in [1.807, 2.05) is 12.1 Å². The summed E-state index contributed by atoms with van der Waals surface area (Å²) < 4.78 is 1.19. The van der Waals surface area contributed by atoms with Gasteiger partial charge in [-0.25, -0.2) is 4.98 Å². The van der Waals surface area contributed by atoms with E-state index >= 15 is 0 Å². The largest absolute Gasteiger partial charge is 0.508 e. The van der Waals surface area contributed by atoms with E-state index in [1.165, 1.54) is 19.7 Å². The normalized spacial score (nSPS) is 11.6. The maximum Gasteiger partial charge on any atom is 0.138 e. The van der Waals surface area contributed by atoms with Gasteiger partial charge in [0.2, 0.25) is 0 Å². The van der Waals surface area contributed by atoms with Crippen molar-refractivity contribution in [2.45, 2.75) is 0 Å². The lowest BCUT2D eigenvalue weighted by molar-refractivity contribution is 0.475. The lowest BCUT2D eigenvalue weighted by atomic mass is 10.0. The van der Waals surface area contributed by atoms with Gasteiger partial charge in [0.15, 0.2) is 0 Å². The highest BCUT2D eigenvalue weighted by atomic mass is 127. The predicted molar refractivity (Wildman–Crippen MR) is 111 cm³/mol. The van der Waals surface area contributed by atoms with Gasteiger partial charge in [0.25, 0.3) is 0 Å². The fourth-order valence-electron chi connectivity index (χ4n) is 3.40. The zero-order valence-corrected chi connectivity index (χ0v) is 15.3. The van der Waals surface area contributed by atoms with Crippen LogP contribution >= 0.6 is 22.6 Å². The third-order valence-corrected chi connectivity index (χ3v) is 5.24. The molecular weight excluding hydrogens is 423 g/mol. The summed E-state index contributed by atoms with van der Waals surface area (Å²) in [6, 6.07) is 22.0. The number of halogens is 1. The Balaban J connectivity index is 1.94. The molecule has 0 unspecified atom stereocenters. The number of rotatable bonds is 1. The van der Waals surface area contributed by atoms with Gasteiger partial charge in [-0.3, -0.25) is 0 Å². The zero-order chi connectivity index (χ0) is 17.0.